The summed E-state index contributed by atoms with van der Waals surface area (Å²) in [4.78, 5) is 28.3. The summed E-state index contributed by atoms with van der Waals surface area (Å²) in [5, 5.41) is 22.4. The third-order valence-corrected chi connectivity index (χ3v) is 5.88. The van der Waals surface area contributed by atoms with Crippen LogP contribution in [0.3, 0.4) is 0 Å². The molecule has 0 aliphatic heterocycles. The largest absolute Gasteiger partial charge is 0.394 e. The zero-order chi connectivity index (χ0) is 22.5. The molecule has 0 radical (unpaired) electrons. The van der Waals surface area contributed by atoms with Crippen molar-refractivity contribution >= 4 is 16.6 Å². The summed E-state index contributed by atoms with van der Waals surface area (Å²) in [5.74, 6) is 0.346. The van der Waals surface area contributed by atoms with Crippen LogP contribution >= 0.6 is 0 Å². The number of carbonyl (C=O) groups excluding carboxylic acids is 1. The Morgan fingerprint density at radius 1 is 0.818 bits per heavy atom. The maximum atomic E-state index is 13.6. The molecule has 0 fully saturated rings. The summed E-state index contributed by atoms with van der Waals surface area (Å²) in [6.45, 7) is 0.183. The first kappa shape index (κ1) is 19.3. The van der Waals surface area contributed by atoms with Gasteiger partial charge in [0.2, 0.25) is 5.82 Å². The number of pyridine rings is 1. The van der Waals surface area contributed by atoms with Crippen molar-refractivity contribution in [2.45, 2.75) is 6.54 Å². The lowest BCUT2D eigenvalue weighted by atomic mass is 10.0. The Balaban J connectivity index is 1.57. The van der Waals surface area contributed by atoms with Crippen molar-refractivity contribution < 1.29 is 9.90 Å². The number of rotatable bonds is 4. The number of aliphatic hydroxyl groups excluding tert-OH is 1. The summed E-state index contributed by atoms with van der Waals surface area (Å²) in [5.41, 5.74) is 3.68. The molecule has 160 valence electrons. The number of benzene rings is 3. The summed E-state index contributed by atoms with van der Waals surface area (Å²) < 4.78 is 1.61. The molecule has 0 saturated carbocycles. The number of hydrogen-bond acceptors (Lipinski definition) is 6. The molecule has 6 rings (SSSR count). The maximum Gasteiger partial charge on any atom is 0.263 e. The fourth-order valence-corrected chi connectivity index (χ4v) is 4.41. The number of nitrogens with zero attached hydrogens (tertiary/aromatic N) is 5. The summed E-state index contributed by atoms with van der Waals surface area (Å²) in [6.07, 6.45) is 0. The first-order valence-electron chi connectivity index (χ1n) is 10.5. The maximum absolute atomic E-state index is 13.6. The molecule has 0 saturated heterocycles. The van der Waals surface area contributed by atoms with E-state index in [9.17, 15) is 9.59 Å². The molecule has 0 atom stereocenters. The molecule has 3 aromatic carbocycles. The van der Waals surface area contributed by atoms with Crippen LogP contribution in [0.4, 0.5) is 0 Å². The Morgan fingerprint density at radius 2 is 1.52 bits per heavy atom. The Hall–Kier alpha value is -4.43. The molecule has 8 nitrogen and oxygen atoms in total. The monoisotopic (exact) mass is 435 g/mol. The van der Waals surface area contributed by atoms with Gasteiger partial charge in [0.1, 0.15) is 0 Å². The zero-order valence-electron chi connectivity index (χ0n) is 17.3. The third-order valence-electron chi connectivity index (χ3n) is 5.88. The molecule has 8 heteroatoms. The second kappa shape index (κ2) is 7.32. The highest BCUT2D eigenvalue weighted by Gasteiger charge is 2.32. The molecule has 0 unspecified atom stereocenters. The minimum absolute atomic E-state index is 0.0770. The van der Waals surface area contributed by atoms with Gasteiger partial charge >= 0.3 is 0 Å². The van der Waals surface area contributed by atoms with E-state index < -0.39 is 0 Å². The number of hydrogen-bond donors (Lipinski definition) is 1. The predicted octanol–water partition coefficient (Wildman–Crippen LogP) is 2.85. The van der Waals surface area contributed by atoms with E-state index >= 15 is 0 Å². The van der Waals surface area contributed by atoms with Gasteiger partial charge in [-0.15, -0.1) is 10.2 Å². The van der Waals surface area contributed by atoms with Crippen molar-refractivity contribution in [1.29, 1.82) is 0 Å². The molecule has 0 amide bonds. The van der Waals surface area contributed by atoms with E-state index in [1.807, 2.05) is 54.6 Å². The molecule has 0 spiro atoms. The fourth-order valence-electron chi connectivity index (χ4n) is 4.41. The Kier molecular flexibility index (Phi) is 4.27. The van der Waals surface area contributed by atoms with Gasteiger partial charge in [-0.25, -0.2) is 0 Å². The average Bonchev–Trinajstić information content (AvgIpc) is 3.43. The van der Waals surface area contributed by atoms with Crippen molar-refractivity contribution in [3.8, 4) is 28.3 Å². The highest BCUT2D eigenvalue weighted by molar-refractivity contribution is 6.26. The lowest BCUT2D eigenvalue weighted by molar-refractivity contribution is 0.104. The van der Waals surface area contributed by atoms with E-state index in [1.165, 1.54) is 4.80 Å². The quantitative estimate of drug-likeness (QED) is 0.457. The van der Waals surface area contributed by atoms with Gasteiger partial charge in [-0.1, -0.05) is 42.5 Å². The Labute approximate surface area is 187 Å². The number of carbonyl (C=O) groups is 1. The van der Waals surface area contributed by atoms with E-state index in [4.69, 9.17) is 5.11 Å². The zero-order valence-corrected chi connectivity index (χ0v) is 17.3. The van der Waals surface area contributed by atoms with E-state index in [2.05, 4.69) is 15.4 Å². The van der Waals surface area contributed by atoms with Crippen molar-refractivity contribution in [1.82, 2.24) is 24.8 Å². The van der Waals surface area contributed by atoms with E-state index in [1.54, 1.807) is 22.8 Å². The SMILES string of the molecule is O=C1c2ccccc2-c2c1c1ccccc1c(=O)n2-c1ccc(-c2nnn(CCO)n2)cc1. The smallest absolute Gasteiger partial charge is 0.263 e. The number of aliphatic hydroxyl groups is 1. The molecule has 1 aliphatic carbocycles. The van der Waals surface area contributed by atoms with Crippen LogP contribution in [0.1, 0.15) is 15.9 Å². The highest BCUT2D eigenvalue weighted by Crippen LogP contribution is 2.40. The van der Waals surface area contributed by atoms with Gasteiger partial charge in [0.15, 0.2) is 5.78 Å². The summed E-state index contributed by atoms with van der Waals surface area (Å²) in [6, 6.07) is 21.8. The molecule has 5 aromatic rings. The van der Waals surface area contributed by atoms with E-state index in [0.717, 1.165) is 11.1 Å². The van der Waals surface area contributed by atoms with Gasteiger partial charge in [-0.05, 0) is 35.5 Å². The molecule has 2 aromatic heterocycles. The second-order valence-corrected chi connectivity index (χ2v) is 7.76. The van der Waals surface area contributed by atoms with Gasteiger partial charge < -0.3 is 5.11 Å². The van der Waals surface area contributed by atoms with E-state index in [0.29, 0.717) is 39.1 Å². The molecule has 0 bridgehead atoms. The fraction of sp³-hybridized carbons (Fsp3) is 0.0800. The van der Waals surface area contributed by atoms with Crippen molar-refractivity contribution in [2.75, 3.05) is 6.61 Å². The Morgan fingerprint density at radius 3 is 2.27 bits per heavy atom. The first-order valence-corrected chi connectivity index (χ1v) is 10.5. The van der Waals surface area contributed by atoms with Crippen LogP contribution in [0.2, 0.25) is 0 Å². The average molecular weight is 435 g/mol. The molecule has 1 N–H and O–H groups in total. The van der Waals surface area contributed by atoms with Crippen LogP contribution in [0.15, 0.2) is 77.6 Å². The standard InChI is InChI=1S/C25H17N5O3/c31-14-13-29-27-24(26-28-29)15-9-11-16(12-10-15)30-22-18-6-2-3-7-19(18)23(32)21(22)17-5-1-4-8-20(17)25(30)33/h1-12,31H,13-14H2. The minimum atomic E-state index is -0.186. The summed E-state index contributed by atoms with van der Waals surface area (Å²) in [7, 11) is 0. The van der Waals surface area contributed by atoms with Crippen LogP contribution in [0.25, 0.3) is 39.1 Å². The lowest BCUT2D eigenvalue weighted by Gasteiger charge is -2.15. The number of tetrazole rings is 1. The molecule has 33 heavy (non-hydrogen) atoms. The predicted molar refractivity (Wildman–Crippen MR) is 122 cm³/mol. The van der Waals surface area contributed by atoms with Gasteiger partial charge in [-0.3, -0.25) is 14.2 Å². The number of aromatic nitrogens is 5. The third kappa shape index (κ3) is 2.85. The van der Waals surface area contributed by atoms with Gasteiger partial charge in [0.25, 0.3) is 5.56 Å². The second-order valence-electron chi connectivity index (χ2n) is 7.76. The minimum Gasteiger partial charge on any atom is -0.394 e. The first-order chi connectivity index (χ1) is 16.2. The normalized spacial score (nSPS) is 12.2. The van der Waals surface area contributed by atoms with Crippen LogP contribution in [-0.4, -0.2) is 42.3 Å². The summed E-state index contributed by atoms with van der Waals surface area (Å²) >= 11 is 0. The lowest BCUT2D eigenvalue weighted by Crippen LogP contribution is -2.21. The van der Waals surface area contributed by atoms with Crippen LogP contribution in [0, 0.1) is 0 Å². The van der Waals surface area contributed by atoms with Crippen LogP contribution in [0.5, 0.6) is 0 Å². The molecule has 1 aliphatic rings. The van der Waals surface area contributed by atoms with Crippen molar-refractivity contribution in [3.05, 3.63) is 94.3 Å². The van der Waals surface area contributed by atoms with Crippen molar-refractivity contribution in [2.24, 2.45) is 0 Å². The van der Waals surface area contributed by atoms with Crippen LogP contribution < -0.4 is 5.56 Å². The van der Waals surface area contributed by atoms with Gasteiger partial charge in [0.05, 0.1) is 24.4 Å². The number of ketones is 1. The van der Waals surface area contributed by atoms with E-state index in [-0.39, 0.29) is 24.5 Å². The number of fused-ring (bicyclic) bond motifs is 5. The Bertz CT molecular complexity index is 1620. The van der Waals surface area contributed by atoms with Gasteiger partial charge in [0, 0.05) is 33.2 Å². The highest BCUT2D eigenvalue weighted by atomic mass is 16.3. The molecular formula is C25H17N5O3. The topological polar surface area (TPSA) is 103 Å². The van der Waals surface area contributed by atoms with Gasteiger partial charge in [-0.2, -0.15) is 4.80 Å². The van der Waals surface area contributed by atoms with Crippen LogP contribution in [-0.2, 0) is 6.54 Å². The molecular weight excluding hydrogens is 418 g/mol. The molecule has 2 heterocycles. The van der Waals surface area contributed by atoms with Crippen molar-refractivity contribution in [3.63, 3.8) is 0 Å².